The van der Waals surface area contributed by atoms with Gasteiger partial charge in [0.05, 0.1) is 0 Å². The molecule has 0 radical (unpaired) electrons. The molecule has 14 heavy (non-hydrogen) atoms. The maximum Gasteiger partial charge on any atom is 0.322 e. The lowest BCUT2D eigenvalue weighted by Crippen LogP contribution is -2.32. The van der Waals surface area contributed by atoms with Gasteiger partial charge in [-0.15, -0.1) is 0 Å². The SMILES string of the molecule is O=C(O)[C@H](Cc1ccccc1F)NCl. The second-order valence-corrected chi connectivity index (χ2v) is 3.01. The van der Waals surface area contributed by atoms with Gasteiger partial charge in [-0.05, 0) is 23.4 Å². The fraction of sp³-hybridized carbons (Fsp3) is 0.222. The van der Waals surface area contributed by atoms with Gasteiger partial charge in [0.25, 0.3) is 0 Å². The Kier molecular flexibility index (Phi) is 3.85. The molecule has 0 spiro atoms. The summed E-state index contributed by atoms with van der Waals surface area (Å²) in [4.78, 5) is 12.7. The molecule has 0 amide bonds. The fourth-order valence-corrected chi connectivity index (χ4v) is 1.23. The van der Waals surface area contributed by atoms with Crippen LogP contribution in [0, 0.1) is 5.82 Å². The molecular weight excluding hydrogens is 209 g/mol. The molecule has 1 aromatic rings. The van der Waals surface area contributed by atoms with Crippen molar-refractivity contribution in [3.05, 3.63) is 35.6 Å². The van der Waals surface area contributed by atoms with Gasteiger partial charge in [0.1, 0.15) is 11.9 Å². The van der Waals surface area contributed by atoms with Gasteiger partial charge < -0.3 is 5.11 Å². The Bertz CT molecular complexity index is 332. The lowest BCUT2D eigenvalue weighted by atomic mass is 10.1. The number of halogens is 2. The number of nitrogens with one attached hydrogen (secondary N) is 1. The van der Waals surface area contributed by atoms with E-state index < -0.39 is 17.8 Å². The van der Waals surface area contributed by atoms with E-state index in [1.807, 2.05) is 0 Å². The lowest BCUT2D eigenvalue weighted by molar-refractivity contribution is -0.138. The summed E-state index contributed by atoms with van der Waals surface area (Å²) in [5, 5.41) is 8.66. The highest BCUT2D eigenvalue weighted by atomic mass is 35.5. The van der Waals surface area contributed by atoms with Gasteiger partial charge in [0, 0.05) is 6.42 Å². The molecule has 0 saturated heterocycles. The summed E-state index contributed by atoms with van der Waals surface area (Å²) in [6.07, 6.45) is 0.0194. The molecule has 76 valence electrons. The number of rotatable bonds is 4. The number of hydrogen-bond acceptors (Lipinski definition) is 2. The van der Waals surface area contributed by atoms with E-state index >= 15 is 0 Å². The van der Waals surface area contributed by atoms with Crippen LogP contribution >= 0.6 is 11.8 Å². The van der Waals surface area contributed by atoms with E-state index in [9.17, 15) is 9.18 Å². The summed E-state index contributed by atoms with van der Waals surface area (Å²) in [6, 6.07) is 5.02. The highest BCUT2D eigenvalue weighted by Gasteiger charge is 2.17. The smallest absolute Gasteiger partial charge is 0.322 e. The van der Waals surface area contributed by atoms with Crippen molar-refractivity contribution in [2.24, 2.45) is 0 Å². The standard InChI is InChI=1S/C9H9ClFNO2/c10-12-8(9(13)14)5-6-3-1-2-4-7(6)11/h1-4,8,12H,5H2,(H,13,14)/t8-/m0/s1. The van der Waals surface area contributed by atoms with Crippen LogP contribution in [0.25, 0.3) is 0 Å². The highest BCUT2D eigenvalue weighted by molar-refractivity contribution is 6.14. The molecular formula is C9H9ClFNO2. The Morgan fingerprint density at radius 1 is 1.57 bits per heavy atom. The molecule has 0 aromatic heterocycles. The Hall–Kier alpha value is -1.13. The first kappa shape index (κ1) is 10.9. The van der Waals surface area contributed by atoms with Crippen LogP contribution < -0.4 is 4.84 Å². The molecule has 3 nitrogen and oxygen atoms in total. The van der Waals surface area contributed by atoms with Crippen LogP contribution in [0.15, 0.2) is 24.3 Å². The second-order valence-electron chi connectivity index (χ2n) is 2.80. The number of carboxylic acids is 1. The third-order valence-electron chi connectivity index (χ3n) is 1.81. The highest BCUT2D eigenvalue weighted by Crippen LogP contribution is 2.09. The quantitative estimate of drug-likeness (QED) is 0.753. The molecule has 0 aliphatic rings. The lowest BCUT2D eigenvalue weighted by Gasteiger charge is -2.09. The zero-order valence-corrected chi connectivity index (χ0v) is 7.96. The Balaban J connectivity index is 2.77. The molecule has 1 rings (SSSR count). The summed E-state index contributed by atoms with van der Waals surface area (Å²) >= 11 is 5.21. The van der Waals surface area contributed by atoms with Gasteiger partial charge in [0.2, 0.25) is 0 Å². The normalized spacial score (nSPS) is 12.4. The summed E-state index contributed by atoms with van der Waals surface area (Å²) < 4.78 is 13.1. The molecule has 0 aliphatic carbocycles. The summed E-state index contributed by atoms with van der Waals surface area (Å²) in [5.74, 6) is -1.53. The number of benzene rings is 1. The van der Waals surface area contributed by atoms with Gasteiger partial charge in [-0.2, -0.15) is 0 Å². The monoisotopic (exact) mass is 217 g/mol. The van der Waals surface area contributed by atoms with Crippen LogP contribution in [0.4, 0.5) is 4.39 Å². The van der Waals surface area contributed by atoms with Crippen molar-refractivity contribution in [2.75, 3.05) is 0 Å². The number of carbonyl (C=O) groups is 1. The second kappa shape index (κ2) is 4.93. The predicted molar refractivity (Wildman–Crippen MR) is 50.5 cm³/mol. The average molecular weight is 218 g/mol. The minimum atomic E-state index is -1.11. The van der Waals surface area contributed by atoms with E-state index in [0.717, 1.165) is 0 Å². The molecule has 2 N–H and O–H groups in total. The van der Waals surface area contributed by atoms with Crippen molar-refractivity contribution in [3.63, 3.8) is 0 Å². The van der Waals surface area contributed by atoms with Crippen molar-refractivity contribution in [1.29, 1.82) is 0 Å². The first-order chi connectivity index (χ1) is 6.65. The summed E-state index contributed by atoms with van der Waals surface area (Å²) in [7, 11) is 0. The molecule has 1 atom stereocenters. The average Bonchev–Trinajstić information content (AvgIpc) is 2.16. The van der Waals surface area contributed by atoms with Gasteiger partial charge in [-0.25, -0.2) is 9.23 Å². The first-order valence-electron chi connectivity index (χ1n) is 3.97. The maximum absolute atomic E-state index is 13.1. The molecule has 5 heteroatoms. The molecule has 0 unspecified atom stereocenters. The summed E-state index contributed by atoms with van der Waals surface area (Å²) in [6.45, 7) is 0. The van der Waals surface area contributed by atoms with Crippen molar-refractivity contribution < 1.29 is 14.3 Å². The van der Waals surface area contributed by atoms with E-state index in [0.29, 0.717) is 5.56 Å². The van der Waals surface area contributed by atoms with E-state index in [2.05, 4.69) is 4.84 Å². The summed E-state index contributed by atoms with van der Waals surface area (Å²) in [5.41, 5.74) is 0.327. The molecule has 0 fully saturated rings. The molecule has 0 heterocycles. The van der Waals surface area contributed by atoms with Crippen molar-refractivity contribution in [2.45, 2.75) is 12.5 Å². The third kappa shape index (κ3) is 2.68. The van der Waals surface area contributed by atoms with Gasteiger partial charge in [-0.1, -0.05) is 18.2 Å². The van der Waals surface area contributed by atoms with E-state index in [1.54, 1.807) is 12.1 Å². The largest absolute Gasteiger partial charge is 0.480 e. The number of carboxylic acid groups (broad SMARTS) is 1. The molecule has 1 aromatic carbocycles. The van der Waals surface area contributed by atoms with Crippen molar-refractivity contribution in [3.8, 4) is 0 Å². The Morgan fingerprint density at radius 2 is 2.21 bits per heavy atom. The fourth-order valence-electron chi connectivity index (χ4n) is 1.06. The van der Waals surface area contributed by atoms with Crippen LogP contribution in [0.1, 0.15) is 5.56 Å². The van der Waals surface area contributed by atoms with E-state index in [4.69, 9.17) is 16.9 Å². The number of hydrogen-bond donors (Lipinski definition) is 2. The van der Waals surface area contributed by atoms with E-state index in [-0.39, 0.29) is 6.42 Å². The van der Waals surface area contributed by atoms with Crippen LogP contribution in [0.2, 0.25) is 0 Å². The topological polar surface area (TPSA) is 49.3 Å². The third-order valence-corrected chi connectivity index (χ3v) is 2.08. The minimum absolute atomic E-state index is 0.0194. The Morgan fingerprint density at radius 3 is 2.71 bits per heavy atom. The molecule has 0 aliphatic heterocycles. The van der Waals surface area contributed by atoms with Gasteiger partial charge in [0.15, 0.2) is 0 Å². The molecule has 0 saturated carbocycles. The van der Waals surface area contributed by atoms with Crippen LogP contribution in [0.5, 0.6) is 0 Å². The maximum atomic E-state index is 13.1. The van der Waals surface area contributed by atoms with E-state index in [1.165, 1.54) is 12.1 Å². The van der Waals surface area contributed by atoms with Gasteiger partial charge in [-0.3, -0.25) is 4.79 Å². The zero-order valence-electron chi connectivity index (χ0n) is 7.21. The Labute approximate surface area is 85.6 Å². The van der Waals surface area contributed by atoms with Crippen LogP contribution in [0.3, 0.4) is 0 Å². The zero-order chi connectivity index (χ0) is 10.6. The van der Waals surface area contributed by atoms with Gasteiger partial charge >= 0.3 is 5.97 Å². The molecule has 0 bridgehead atoms. The number of aliphatic carboxylic acids is 1. The minimum Gasteiger partial charge on any atom is -0.480 e. The first-order valence-corrected chi connectivity index (χ1v) is 4.35. The van der Waals surface area contributed by atoms with Crippen molar-refractivity contribution >= 4 is 17.7 Å². The van der Waals surface area contributed by atoms with Crippen LogP contribution in [-0.2, 0) is 11.2 Å². The van der Waals surface area contributed by atoms with Crippen molar-refractivity contribution in [1.82, 2.24) is 4.84 Å². The predicted octanol–water partition coefficient (Wildman–Crippen LogP) is 1.56. The van der Waals surface area contributed by atoms with Crippen LogP contribution in [-0.4, -0.2) is 17.1 Å².